The fourth-order valence-electron chi connectivity index (χ4n) is 1.68. The second-order valence-electron chi connectivity index (χ2n) is 4.14. The van der Waals surface area contributed by atoms with E-state index >= 15 is 0 Å². The average Bonchev–Trinajstić information content (AvgIpc) is 2.38. The Bertz CT molecular complexity index is 567. The van der Waals surface area contributed by atoms with Gasteiger partial charge in [-0.1, -0.05) is 6.07 Å². The van der Waals surface area contributed by atoms with E-state index in [2.05, 4.69) is 10.3 Å². The molecule has 0 fully saturated rings. The molecule has 0 aliphatic carbocycles. The molecule has 0 saturated carbocycles. The van der Waals surface area contributed by atoms with Gasteiger partial charge in [-0.05, 0) is 30.7 Å². The van der Waals surface area contributed by atoms with Gasteiger partial charge in [-0.3, -0.25) is 9.78 Å². The lowest BCUT2D eigenvalue weighted by Gasteiger charge is -2.13. The molecule has 0 spiro atoms. The molecule has 2 rings (SSSR count). The van der Waals surface area contributed by atoms with Crippen LogP contribution in [0.1, 0.15) is 28.9 Å². The topological polar surface area (TPSA) is 42.0 Å². The van der Waals surface area contributed by atoms with Crippen LogP contribution >= 0.6 is 0 Å². The van der Waals surface area contributed by atoms with Gasteiger partial charge in [0.05, 0.1) is 6.04 Å². The van der Waals surface area contributed by atoms with Gasteiger partial charge in [0.25, 0.3) is 5.91 Å². The van der Waals surface area contributed by atoms with E-state index in [0.717, 1.165) is 23.8 Å². The molecular weight excluding hydrogens is 250 g/mol. The summed E-state index contributed by atoms with van der Waals surface area (Å²) in [5.74, 6) is -2.09. The minimum atomic E-state index is -0.779. The van der Waals surface area contributed by atoms with Crippen molar-refractivity contribution in [2.24, 2.45) is 0 Å². The van der Waals surface area contributed by atoms with Crippen LogP contribution in [-0.2, 0) is 0 Å². The molecule has 1 aromatic heterocycles. The molecule has 3 nitrogen and oxygen atoms in total. The van der Waals surface area contributed by atoms with E-state index in [1.807, 2.05) is 6.07 Å². The third-order valence-electron chi connectivity index (χ3n) is 2.66. The van der Waals surface area contributed by atoms with E-state index in [9.17, 15) is 13.6 Å². The predicted molar refractivity (Wildman–Crippen MR) is 66.5 cm³/mol. The number of aromatic nitrogens is 1. The SMILES string of the molecule is CC(NC(=O)c1cc(F)cc(F)c1)c1cccnc1. The van der Waals surface area contributed by atoms with Crippen molar-refractivity contribution >= 4 is 5.91 Å². The fraction of sp³-hybridized carbons (Fsp3) is 0.143. The molecule has 0 bridgehead atoms. The number of carbonyl (C=O) groups is 1. The average molecular weight is 262 g/mol. The van der Waals surface area contributed by atoms with Crippen LogP contribution in [-0.4, -0.2) is 10.9 Å². The van der Waals surface area contributed by atoms with Crippen molar-refractivity contribution in [2.45, 2.75) is 13.0 Å². The number of carbonyl (C=O) groups excluding carboxylic acids is 1. The Kier molecular flexibility index (Phi) is 3.85. The molecule has 0 saturated heterocycles. The first-order valence-corrected chi connectivity index (χ1v) is 5.73. The second kappa shape index (κ2) is 5.56. The summed E-state index contributed by atoms with van der Waals surface area (Å²) in [6.07, 6.45) is 3.25. The highest BCUT2D eigenvalue weighted by Crippen LogP contribution is 2.13. The van der Waals surface area contributed by atoms with Gasteiger partial charge >= 0.3 is 0 Å². The van der Waals surface area contributed by atoms with Crippen LogP contribution in [0.15, 0.2) is 42.7 Å². The van der Waals surface area contributed by atoms with Crippen molar-refractivity contribution in [3.05, 3.63) is 65.5 Å². The Labute approximate surface area is 109 Å². The van der Waals surface area contributed by atoms with Gasteiger partial charge in [0.1, 0.15) is 11.6 Å². The predicted octanol–water partition coefficient (Wildman–Crippen LogP) is 2.85. The third kappa shape index (κ3) is 3.34. The van der Waals surface area contributed by atoms with Crippen molar-refractivity contribution in [3.8, 4) is 0 Å². The Balaban J connectivity index is 2.13. The molecule has 1 heterocycles. The molecule has 1 N–H and O–H groups in total. The van der Waals surface area contributed by atoms with E-state index in [1.54, 1.807) is 25.4 Å². The number of benzene rings is 1. The summed E-state index contributed by atoms with van der Waals surface area (Å²) in [5.41, 5.74) is 0.765. The number of amides is 1. The second-order valence-corrected chi connectivity index (χ2v) is 4.14. The minimum Gasteiger partial charge on any atom is -0.345 e. The van der Waals surface area contributed by atoms with Crippen molar-refractivity contribution in [3.63, 3.8) is 0 Å². The van der Waals surface area contributed by atoms with Gasteiger partial charge in [-0.2, -0.15) is 0 Å². The number of halogens is 2. The fourth-order valence-corrected chi connectivity index (χ4v) is 1.68. The number of hydrogen-bond donors (Lipinski definition) is 1. The van der Waals surface area contributed by atoms with E-state index < -0.39 is 17.5 Å². The monoisotopic (exact) mass is 262 g/mol. The zero-order chi connectivity index (χ0) is 13.8. The van der Waals surface area contributed by atoms with Crippen molar-refractivity contribution < 1.29 is 13.6 Å². The van der Waals surface area contributed by atoms with E-state index in [4.69, 9.17) is 0 Å². The molecule has 19 heavy (non-hydrogen) atoms. The van der Waals surface area contributed by atoms with Gasteiger partial charge in [0.2, 0.25) is 0 Å². The van der Waals surface area contributed by atoms with Crippen molar-refractivity contribution in [1.29, 1.82) is 0 Å². The number of nitrogens with one attached hydrogen (secondary N) is 1. The van der Waals surface area contributed by atoms with Gasteiger partial charge < -0.3 is 5.32 Å². The van der Waals surface area contributed by atoms with Gasteiger partial charge in [-0.15, -0.1) is 0 Å². The molecule has 0 aliphatic rings. The standard InChI is InChI=1S/C14H12F2N2O/c1-9(10-3-2-4-17-8-10)18-14(19)11-5-12(15)7-13(16)6-11/h2-9H,1H3,(H,18,19). The number of nitrogens with zero attached hydrogens (tertiary/aromatic N) is 1. The van der Waals surface area contributed by atoms with Crippen LogP contribution in [0, 0.1) is 11.6 Å². The van der Waals surface area contributed by atoms with Crippen LogP contribution in [0.4, 0.5) is 8.78 Å². The first-order valence-electron chi connectivity index (χ1n) is 5.73. The number of hydrogen-bond acceptors (Lipinski definition) is 2. The molecule has 1 atom stereocenters. The number of pyridine rings is 1. The van der Waals surface area contributed by atoms with E-state index in [-0.39, 0.29) is 11.6 Å². The van der Waals surface area contributed by atoms with Gasteiger partial charge in [0.15, 0.2) is 0 Å². The summed E-state index contributed by atoms with van der Waals surface area (Å²) in [7, 11) is 0. The normalized spacial score (nSPS) is 11.9. The largest absolute Gasteiger partial charge is 0.345 e. The van der Waals surface area contributed by atoms with Crippen LogP contribution in [0.2, 0.25) is 0 Å². The summed E-state index contributed by atoms with van der Waals surface area (Å²) in [6.45, 7) is 1.77. The summed E-state index contributed by atoms with van der Waals surface area (Å²) >= 11 is 0. The maximum atomic E-state index is 13.0. The Morgan fingerprint density at radius 2 is 1.95 bits per heavy atom. The highest BCUT2D eigenvalue weighted by Gasteiger charge is 2.13. The third-order valence-corrected chi connectivity index (χ3v) is 2.66. The molecule has 1 aromatic carbocycles. The van der Waals surface area contributed by atoms with Gasteiger partial charge in [-0.25, -0.2) is 8.78 Å². The van der Waals surface area contributed by atoms with Gasteiger partial charge in [0, 0.05) is 24.0 Å². The van der Waals surface area contributed by atoms with Crippen molar-refractivity contribution in [1.82, 2.24) is 10.3 Å². The maximum absolute atomic E-state index is 13.0. The quantitative estimate of drug-likeness (QED) is 0.924. The first kappa shape index (κ1) is 13.1. The maximum Gasteiger partial charge on any atom is 0.251 e. The molecule has 98 valence electrons. The molecule has 5 heteroatoms. The summed E-state index contributed by atoms with van der Waals surface area (Å²) in [5, 5.41) is 2.65. The highest BCUT2D eigenvalue weighted by atomic mass is 19.1. The molecule has 2 aromatic rings. The Morgan fingerprint density at radius 3 is 2.53 bits per heavy atom. The summed E-state index contributed by atoms with van der Waals surface area (Å²) in [6, 6.07) is 5.97. The van der Waals surface area contributed by atoms with Crippen LogP contribution in [0.3, 0.4) is 0 Å². The molecule has 0 aliphatic heterocycles. The molecule has 1 amide bonds. The zero-order valence-corrected chi connectivity index (χ0v) is 10.2. The zero-order valence-electron chi connectivity index (χ0n) is 10.2. The first-order chi connectivity index (χ1) is 9.06. The lowest BCUT2D eigenvalue weighted by Crippen LogP contribution is -2.26. The lowest BCUT2D eigenvalue weighted by atomic mass is 10.1. The molecule has 1 unspecified atom stereocenters. The van der Waals surface area contributed by atoms with Crippen LogP contribution in [0.5, 0.6) is 0 Å². The lowest BCUT2D eigenvalue weighted by molar-refractivity contribution is 0.0939. The van der Waals surface area contributed by atoms with Crippen LogP contribution in [0.25, 0.3) is 0 Å². The summed E-state index contributed by atoms with van der Waals surface area (Å²) in [4.78, 5) is 15.8. The van der Waals surface area contributed by atoms with Crippen LogP contribution < -0.4 is 5.32 Å². The van der Waals surface area contributed by atoms with Crippen molar-refractivity contribution in [2.75, 3.05) is 0 Å². The minimum absolute atomic E-state index is 0.0479. The van der Waals surface area contributed by atoms with E-state index in [1.165, 1.54) is 0 Å². The summed E-state index contributed by atoms with van der Waals surface area (Å²) < 4.78 is 26.0. The Hall–Kier alpha value is -2.30. The molecular formula is C14H12F2N2O. The van der Waals surface area contributed by atoms with E-state index in [0.29, 0.717) is 0 Å². The Morgan fingerprint density at radius 1 is 1.26 bits per heavy atom. The number of rotatable bonds is 3. The highest BCUT2D eigenvalue weighted by molar-refractivity contribution is 5.94. The molecule has 0 radical (unpaired) electrons. The smallest absolute Gasteiger partial charge is 0.251 e.